The molecule has 0 unspecified atom stereocenters. The van der Waals surface area contributed by atoms with Crippen LogP contribution in [0.4, 0.5) is 0 Å². The zero-order valence-corrected chi connectivity index (χ0v) is 12.9. The molecule has 0 amide bonds. The molecule has 96 valence electrons. The lowest BCUT2D eigenvalue weighted by Gasteiger charge is -2.02. The molecular formula is C15H13BrN2S. The van der Waals surface area contributed by atoms with E-state index in [2.05, 4.69) is 64.2 Å². The number of nitrogens with two attached hydrogens (primary N) is 1. The van der Waals surface area contributed by atoms with Gasteiger partial charge in [0.1, 0.15) is 5.01 Å². The number of hydrogen-bond acceptors (Lipinski definition) is 3. The number of fused-ring (bicyclic) bond motifs is 1. The van der Waals surface area contributed by atoms with E-state index in [4.69, 9.17) is 5.73 Å². The van der Waals surface area contributed by atoms with Crippen LogP contribution >= 0.6 is 27.3 Å². The summed E-state index contributed by atoms with van der Waals surface area (Å²) >= 11 is 5.14. The minimum atomic E-state index is 0.462. The highest BCUT2D eigenvalue weighted by Crippen LogP contribution is 2.33. The van der Waals surface area contributed by atoms with Gasteiger partial charge in [0, 0.05) is 12.1 Å². The molecule has 1 heterocycles. The molecular weight excluding hydrogens is 320 g/mol. The summed E-state index contributed by atoms with van der Waals surface area (Å²) in [6.07, 6.45) is 0. The molecule has 4 heteroatoms. The Morgan fingerprint density at radius 3 is 2.63 bits per heavy atom. The van der Waals surface area contributed by atoms with Gasteiger partial charge in [-0.3, -0.25) is 0 Å². The SMILES string of the molecule is Cc1ccc2cc(-c3nc(CN)c(Br)s3)ccc2c1. The van der Waals surface area contributed by atoms with E-state index >= 15 is 0 Å². The van der Waals surface area contributed by atoms with Crippen molar-refractivity contribution in [3.8, 4) is 10.6 Å². The van der Waals surface area contributed by atoms with Crippen LogP contribution < -0.4 is 5.73 Å². The first-order chi connectivity index (χ1) is 9.17. The third-order valence-electron chi connectivity index (χ3n) is 3.09. The van der Waals surface area contributed by atoms with Crippen LogP contribution in [0.15, 0.2) is 40.2 Å². The summed E-state index contributed by atoms with van der Waals surface area (Å²) in [5.74, 6) is 0. The highest BCUT2D eigenvalue weighted by molar-refractivity contribution is 9.11. The van der Waals surface area contributed by atoms with E-state index in [0.29, 0.717) is 6.54 Å². The Kier molecular flexibility index (Phi) is 3.39. The second-order valence-corrected chi connectivity index (χ2v) is 6.83. The monoisotopic (exact) mass is 332 g/mol. The second-order valence-electron chi connectivity index (χ2n) is 4.51. The molecule has 0 saturated carbocycles. The molecule has 2 N–H and O–H groups in total. The molecule has 0 saturated heterocycles. The predicted molar refractivity (Wildman–Crippen MR) is 85.4 cm³/mol. The molecule has 2 nitrogen and oxygen atoms in total. The molecule has 0 aliphatic heterocycles. The van der Waals surface area contributed by atoms with Gasteiger partial charge in [0.25, 0.3) is 0 Å². The lowest BCUT2D eigenvalue weighted by Crippen LogP contribution is -1.96. The van der Waals surface area contributed by atoms with Crippen LogP contribution in [0.25, 0.3) is 21.3 Å². The van der Waals surface area contributed by atoms with Gasteiger partial charge in [0.2, 0.25) is 0 Å². The molecule has 0 fully saturated rings. The summed E-state index contributed by atoms with van der Waals surface area (Å²) in [7, 11) is 0. The first-order valence-electron chi connectivity index (χ1n) is 6.03. The van der Waals surface area contributed by atoms with Crippen LogP contribution in [0.3, 0.4) is 0 Å². The van der Waals surface area contributed by atoms with Crippen molar-refractivity contribution < 1.29 is 0 Å². The summed E-state index contributed by atoms with van der Waals surface area (Å²) in [6.45, 7) is 2.57. The van der Waals surface area contributed by atoms with Crippen molar-refractivity contribution in [3.63, 3.8) is 0 Å². The number of halogens is 1. The van der Waals surface area contributed by atoms with E-state index in [1.807, 2.05) is 0 Å². The van der Waals surface area contributed by atoms with E-state index in [-0.39, 0.29) is 0 Å². The van der Waals surface area contributed by atoms with Crippen LogP contribution in [-0.4, -0.2) is 4.98 Å². The molecule has 0 bridgehead atoms. The second kappa shape index (κ2) is 5.04. The fourth-order valence-corrected chi connectivity index (χ4v) is 3.61. The molecule has 1 aromatic heterocycles. The zero-order valence-electron chi connectivity index (χ0n) is 10.5. The van der Waals surface area contributed by atoms with E-state index in [1.165, 1.54) is 16.3 Å². The van der Waals surface area contributed by atoms with E-state index in [9.17, 15) is 0 Å². The number of nitrogens with zero attached hydrogens (tertiary/aromatic N) is 1. The van der Waals surface area contributed by atoms with Crippen LogP contribution in [0.5, 0.6) is 0 Å². The largest absolute Gasteiger partial charge is 0.325 e. The molecule has 3 aromatic rings. The molecule has 0 spiro atoms. The summed E-state index contributed by atoms with van der Waals surface area (Å²) in [6, 6.07) is 12.9. The maximum atomic E-state index is 5.66. The van der Waals surface area contributed by atoms with E-state index in [1.54, 1.807) is 11.3 Å². The molecule has 2 aromatic carbocycles. The van der Waals surface area contributed by atoms with E-state index in [0.717, 1.165) is 20.1 Å². The van der Waals surface area contributed by atoms with Crippen molar-refractivity contribution in [2.75, 3.05) is 0 Å². The van der Waals surface area contributed by atoms with Gasteiger partial charge in [-0.05, 0) is 39.7 Å². The Labute approximate surface area is 124 Å². The molecule has 0 radical (unpaired) electrons. The van der Waals surface area contributed by atoms with Crippen molar-refractivity contribution in [2.45, 2.75) is 13.5 Å². The van der Waals surface area contributed by atoms with Crippen LogP contribution in [-0.2, 0) is 6.54 Å². The fraction of sp³-hybridized carbons (Fsp3) is 0.133. The summed E-state index contributed by atoms with van der Waals surface area (Å²) in [5, 5.41) is 3.51. The van der Waals surface area contributed by atoms with Crippen molar-refractivity contribution in [1.29, 1.82) is 0 Å². The summed E-state index contributed by atoms with van der Waals surface area (Å²) in [4.78, 5) is 4.57. The number of thiazole rings is 1. The Bertz CT molecular complexity index is 749. The van der Waals surface area contributed by atoms with Crippen LogP contribution in [0.2, 0.25) is 0 Å². The minimum absolute atomic E-state index is 0.462. The molecule has 0 aliphatic carbocycles. The maximum absolute atomic E-state index is 5.66. The number of rotatable bonds is 2. The Hall–Kier alpha value is -1.23. The summed E-state index contributed by atoms with van der Waals surface area (Å²) in [5.41, 5.74) is 9.00. The van der Waals surface area contributed by atoms with Crippen molar-refractivity contribution in [1.82, 2.24) is 4.98 Å². The minimum Gasteiger partial charge on any atom is -0.325 e. The van der Waals surface area contributed by atoms with Gasteiger partial charge >= 0.3 is 0 Å². The fourth-order valence-electron chi connectivity index (χ4n) is 2.08. The standard InChI is InChI=1S/C15H13BrN2S/c1-9-2-3-11-7-12(5-4-10(11)6-9)15-18-13(8-17)14(16)19-15/h2-7H,8,17H2,1H3. The van der Waals surface area contributed by atoms with Crippen molar-refractivity contribution in [3.05, 3.63) is 51.4 Å². The molecule has 0 atom stereocenters. The highest BCUT2D eigenvalue weighted by Gasteiger charge is 2.09. The maximum Gasteiger partial charge on any atom is 0.124 e. The van der Waals surface area contributed by atoms with Crippen LogP contribution in [0.1, 0.15) is 11.3 Å². The van der Waals surface area contributed by atoms with E-state index < -0.39 is 0 Å². The number of hydrogen-bond donors (Lipinski definition) is 1. The van der Waals surface area contributed by atoms with Gasteiger partial charge in [-0.15, -0.1) is 11.3 Å². The topological polar surface area (TPSA) is 38.9 Å². The van der Waals surface area contributed by atoms with Crippen molar-refractivity contribution in [2.24, 2.45) is 5.73 Å². The normalized spacial score (nSPS) is 11.1. The third kappa shape index (κ3) is 2.43. The molecule has 3 rings (SSSR count). The summed E-state index contributed by atoms with van der Waals surface area (Å²) < 4.78 is 1.02. The number of aromatic nitrogens is 1. The molecule has 0 aliphatic rings. The van der Waals surface area contributed by atoms with Gasteiger partial charge in [0.05, 0.1) is 9.48 Å². The number of aryl methyl sites for hydroxylation is 1. The van der Waals surface area contributed by atoms with Gasteiger partial charge in [-0.1, -0.05) is 35.9 Å². The van der Waals surface area contributed by atoms with Gasteiger partial charge < -0.3 is 5.73 Å². The predicted octanol–water partition coefficient (Wildman–Crippen LogP) is 4.49. The first-order valence-corrected chi connectivity index (χ1v) is 7.64. The average molecular weight is 333 g/mol. The average Bonchev–Trinajstić information content (AvgIpc) is 2.79. The Morgan fingerprint density at radius 2 is 1.89 bits per heavy atom. The Morgan fingerprint density at radius 1 is 1.16 bits per heavy atom. The van der Waals surface area contributed by atoms with Crippen molar-refractivity contribution >= 4 is 38.0 Å². The third-order valence-corrected chi connectivity index (χ3v) is 4.96. The van der Waals surface area contributed by atoms with Gasteiger partial charge in [0.15, 0.2) is 0 Å². The number of benzene rings is 2. The smallest absolute Gasteiger partial charge is 0.124 e. The van der Waals surface area contributed by atoms with Gasteiger partial charge in [-0.25, -0.2) is 4.98 Å². The quantitative estimate of drug-likeness (QED) is 0.750. The lowest BCUT2D eigenvalue weighted by molar-refractivity contribution is 1.01. The lowest BCUT2D eigenvalue weighted by atomic mass is 10.1. The van der Waals surface area contributed by atoms with Gasteiger partial charge in [-0.2, -0.15) is 0 Å². The zero-order chi connectivity index (χ0) is 13.4. The molecule has 19 heavy (non-hydrogen) atoms. The van der Waals surface area contributed by atoms with Crippen LogP contribution in [0, 0.1) is 6.92 Å². The highest BCUT2D eigenvalue weighted by atomic mass is 79.9. The Balaban J connectivity index is 2.11. The first kappa shape index (κ1) is 12.8.